The zero-order valence-corrected chi connectivity index (χ0v) is 17.8. The summed E-state index contributed by atoms with van der Waals surface area (Å²) in [5.41, 5.74) is -0.443. The van der Waals surface area contributed by atoms with E-state index in [9.17, 15) is 14.4 Å². The van der Waals surface area contributed by atoms with E-state index in [0.717, 1.165) is 4.88 Å². The molecule has 3 unspecified atom stereocenters. The third kappa shape index (κ3) is 3.92. The highest BCUT2D eigenvalue weighted by atomic mass is 32.1. The van der Waals surface area contributed by atoms with Gasteiger partial charge < -0.3 is 20.3 Å². The third-order valence-corrected chi connectivity index (χ3v) is 6.83. The molecule has 2 aromatic rings. The third-order valence-electron chi connectivity index (χ3n) is 5.77. The molecule has 8 heteroatoms. The lowest BCUT2D eigenvalue weighted by Crippen LogP contribution is -2.56. The van der Waals surface area contributed by atoms with Crippen LogP contribution in [0.2, 0.25) is 0 Å². The van der Waals surface area contributed by atoms with Gasteiger partial charge in [-0.05, 0) is 37.4 Å². The fourth-order valence-corrected chi connectivity index (χ4v) is 4.71. The first-order valence-corrected chi connectivity index (χ1v) is 11.0. The number of hydrogen-bond donors (Lipinski definition) is 2. The number of fused-ring (bicyclic) bond motifs is 1. The maximum Gasteiger partial charge on any atom is 0.258 e. The van der Waals surface area contributed by atoms with Crippen LogP contribution in [0.5, 0.6) is 5.75 Å². The summed E-state index contributed by atoms with van der Waals surface area (Å²) in [6.45, 7) is 3.99. The molecule has 158 valence electrons. The van der Waals surface area contributed by atoms with Crippen LogP contribution >= 0.6 is 11.3 Å². The van der Waals surface area contributed by atoms with Gasteiger partial charge in [-0.15, -0.1) is 11.3 Å². The molecule has 0 saturated carbocycles. The number of thiophene rings is 1. The van der Waals surface area contributed by atoms with Crippen molar-refractivity contribution in [1.82, 2.24) is 15.5 Å². The van der Waals surface area contributed by atoms with Crippen molar-refractivity contribution in [3.8, 4) is 5.75 Å². The number of nitrogens with one attached hydrogen (secondary N) is 2. The topological polar surface area (TPSA) is 87.7 Å². The number of likely N-dealkylation sites (tertiary alicyclic amines) is 1. The zero-order chi connectivity index (χ0) is 21.3. The Labute approximate surface area is 179 Å². The first-order valence-electron chi connectivity index (χ1n) is 10.1. The van der Waals surface area contributed by atoms with E-state index in [1.807, 2.05) is 30.5 Å². The molecule has 1 saturated heterocycles. The second-order valence-electron chi connectivity index (χ2n) is 7.81. The number of rotatable bonds is 4. The molecule has 1 aromatic heterocycles. The predicted molar refractivity (Wildman–Crippen MR) is 113 cm³/mol. The van der Waals surface area contributed by atoms with Crippen LogP contribution in [0.1, 0.15) is 54.4 Å². The van der Waals surface area contributed by atoms with Crippen molar-refractivity contribution < 1.29 is 19.1 Å². The average Bonchev–Trinajstić information content (AvgIpc) is 3.22. The first-order chi connectivity index (χ1) is 14.4. The Balaban J connectivity index is 1.45. The minimum atomic E-state index is -0.934. The summed E-state index contributed by atoms with van der Waals surface area (Å²) in [5, 5.41) is 7.90. The number of para-hydroxylation sites is 1. The Morgan fingerprint density at radius 1 is 1.20 bits per heavy atom. The fraction of sp³-hybridized carbons (Fsp3) is 0.409. The lowest BCUT2D eigenvalue weighted by molar-refractivity contribution is -0.139. The molecule has 2 aliphatic heterocycles. The van der Waals surface area contributed by atoms with Crippen molar-refractivity contribution in [2.24, 2.45) is 0 Å². The first kappa shape index (κ1) is 20.4. The van der Waals surface area contributed by atoms with Gasteiger partial charge in [-0.1, -0.05) is 18.2 Å². The highest BCUT2D eigenvalue weighted by molar-refractivity contribution is 7.10. The van der Waals surface area contributed by atoms with Crippen LogP contribution in [0.4, 0.5) is 0 Å². The number of carbonyl (C=O) groups excluding carboxylic acids is 3. The SMILES string of the molecule is CC(NC(=O)C(C)N1CCC2(CCC1=O)NC(=O)c1ccccc1O2)c1cccs1. The second-order valence-corrected chi connectivity index (χ2v) is 8.78. The van der Waals surface area contributed by atoms with E-state index in [-0.39, 0.29) is 30.2 Å². The number of benzene rings is 1. The second kappa shape index (κ2) is 8.10. The monoisotopic (exact) mass is 427 g/mol. The van der Waals surface area contributed by atoms with Crippen LogP contribution in [-0.2, 0) is 9.59 Å². The zero-order valence-electron chi connectivity index (χ0n) is 17.0. The molecule has 7 nitrogen and oxygen atoms in total. The largest absolute Gasteiger partial charge is 0.467 e. The summed E-state index contributed by atoms with van der Waals surface area (Å²) < 4.78 is 6.15. The Kier molecular flexibility index (Phi) is 5.51. The van der Waals surface area contributed by atoms with Gasteiger partial charge in [-0.3, -0.25) is 14.4 Å². The standard InChI is InChI=1S/C22H25N3O4S/c1-14(18-8-5-13-30-18)23-20(27)15(2)25-12-11-22(10-9-19(25)26)24-21(28)16-6-3-4-7-17(16)29-22/h3-8,13-15H,9-12H2,1-2H3,(H,23,27)(H,24,28). The quantitative estimate of drug-likeness (QED) is 0.786. The summed E-state index contributed by atoms with van der Waals surface area (Å²) >= 11 is 1.58. The fourth-order valence-electron chi connectivity index (χ4n) is 3.98. The molecule has 3 heterocycles. The summed E-state index contributed by atoms with van der Waals surface area (Å²) in [6.07, 6.45) is 0.972. The van der Waals surface area contributed by atoms with Crippen molar-refractivity contribution in [3.05, 3.63) is 52.2 Å². The number of amides is 3. The van der Waals surface area contributed by atoms with Crippen LogP contribution < -0.4 is 15.4 Å². The Bertz CT molecular complexity index is 961. The van der Waals surface area contributed by atoms with Crippen molar-refractivity contribution in [1.29, 1.82) is 0 Å². The molecule has 30 heavy (non-hydrogen) atoms. The highest BCUT2D eigenvalue weighted by Gasteiger charge is 2.43. The minimum Gasteiger partial charge on any atom is -0.467 e. The van der Waals surface area contributed by atoms with Gasteiger partial charge in [0, 0.05) is 30.7 Å². The molecular weight excluding hydrogens is 402 g/mol. The minimum absolute atomic E-state index is 0.116. The molecule has 2 aliphatic rings. The number of carbonyl (C=O) groups is 3. The molecule has 3 amide bonds. The molecule has 0 bridgehead atoms. The van der Waals surface area contributed by atoms with E-state index in [1.54, 1.807) is 41.4 Å². The van der Waals surface area contributed by atoms with E-state index in [0.29, 0.717) is 30.7 Å². The number of ether oxygens (including phenoxy) is 1. The summed E-state index contributed by atoms with van der Waals surface area (Å²) in [7, 11) is 0. The van der Waals surface area contributed by atoms with Gasteiger partial charge in [0.15, 0.2) is 5.72 Å². The Morgan fingerprint density at radius 3 is 2.77 bits per heavy atom. The molecule has 0 radical (unpaired) electrons. The van der Waals surface area contributed by atoms with Gasteiger partial charge in [0.25, 0.3) is 5.91 Å². The smallest absolute Gasteiger partial charge is 0.258 e. The van der Waals surface area contributed by atoms with Gasteiger partial charge in [-0.2, -0.15) is 0 Å². The maximum atomic E-state index is 12.8. The van der Waals surface area contributed by atoms with E-state index in [4.69, 9.17) is 4.74 Å². The lowest BCUT2D eigenvalue weighted by atomic mass is 10.0. The summed E-state index contributed by atoms with van der Waals surface area (Å²) in [6, 6.07) is 10.3. The van der Waals surface area contributed by atoms with Gasteiger partial charge in [0.1, 0.15) is 11.8 Å². The van der Waals surface area contributed by atoms with Crippen LogP contribution in [0.15, 0.2) is 41.8 Å². The number of nitrogens with zero attached hydrogens (tertiary/aromatic N) is 1. The normalized spacial score (nSPS) is 23.1. The Hall–Kier alpha value is -2.87. The van der Waals surface area contributed by atoms with Crippen LogP contribution in [-0.4, -0.2) is 40.9 Å². The Morgan fingerprint density at radius 2 is 2.00 bits per heavy atom. The molecular formula is C22H25N3O4S. The summed E-state index contributed by atoms with van der Waals surface area (Å²) in [5.74, 6) is 0.0141. The predicted octanol–water partition coefficient (Wildman–Crippen LogP) is 2.85. The van der Waals surface area contributed by atoms with Crippen LogP contribution in [0.3, 0.4) is 0 Å². The summed E-state index contributed by atoms with van der Waals surface area (Å²) in [4.78, 5) is 40.8. The van der Waals surface area contributed by atoms with E-state index >= 15 is 0 Å². The van der Waals surface area contributed by atoms with Crippen molar-refractivity contribution in [2.45, 2.75) is 50.9 Å². The molecule has 4 rings (SSSR count). The highest BCUT2D eigenvalue weighted by Crippen LogP contribution is 2.34. The average molecular weight is 428 g/mol. The van der Waals surface area contributed by atoms with E-state index < -0.39 is 11.8 Å². The van der Waals surface area contributed by atoms with Crippen LogP contribution in [0.25, 0.3) is 0 Å². The molecule has 1 aromatic carbocycles. The van der Waals surface area contributed by atoms with E-state index in [1.165, 1.54) is 0 Å². The van der Waals surface area contributed by atoms with Crippen molar-refractivity contribution >= 4 is 29.1 Å². The molecule has 2 N–H and O–H groups in total. The van der Waals surface area contributed by atoms with Gasteiger partial charge >= 0.3 is 0 Å². The van der Waals surface area contributed by atoms with Crippen LogP contribution in [0, 0.1) is 0 Å². The van der Waals surface area contributed by atoms with Crippen molar-refractivity contribution in [3.63, 3.8) is 0 Å². The van der Waals surface area contributed by atoms with Gasteiger partial charge in [0.05, 0.1) is 11.6 Å². The number of hydrogen-bond acceptors (Lipinski definition) is 5. The van der Waals surface area contributed by atoms with Crippen molar-refractivity contribution in [2.75, 3.05) is 6.54 Å². The van der Waals surface area contributed by atoms with E-state index in [2.05, 4.69) is 10.6 Å². The molecule has 3 atom stereocenters. The lowest BCUT2D eigenvalue weighted by Gasteiger charge is -2.38. The van der Waals surface area contributed by atoms with Gasteiger partial charge in [-0.25, -0.2) is 0 Å². The molecule has 1 fully saturated rings. The molecule has 1 spiro atoms. The maximum absolute atomic E-state index is 12.8. The van der Waals surface area contributed by atoms with Gasteiger partial charge in [0.2, 0.25) is 11.8 Å². The molecule has 0 aliphatic carbocycles.